The fourth-order valence-corrected chi connectivity index (χ4v) is 3.13. The van der Waals surface area contributed by atoms with Crippen molar-refractivity contribution in [2.75, 3.05) is 19.7 Å². The van der Waals surface area contributed by atoms with Gasteiger partial charge in [0.1, 0.15) is 6.54 Å². The van der Waals surface area contributed by atoms with E-state index in [1.807, 2.05) is 0 Å². The van der Waals surface area contributed by atoms with Crippen LogP contribution in [-0.2, 0) is 11.3 Å². The van der Waals surface area contributed by atoms with Gasteiger partial charge in [-0.05, 0) is 25.2 Å². The Morgan fingerprint density at radius 1 is 1.32 bits per heavy atom. The summed E-state index contributed by atoms with van der Waals surface area (Å²) in [6.07, 6.45) is 2.56. The van der Waals surface area contributed by atoms with Crippen LogP contribution >= 0.6 is 24.0 Å². The number of aryl methyl sites for hydroxylation is 1. The number of guanidine groups is 1. The second-order valence-electron chi connectivity index (χ2n) is 7.37. The third-order valence-electron chi connectivity index (χ3n) is 4.12. The Morgan fingerprint density at radius 3 is 2.68 bits per heavy atom. The monoisotopic (exact) mass is 465 g/mol. The molecule has 0 bridgehead atoms. The SMILES string of the molecule is CCNC(=NCc1noc(C)n1)NCC1CCCOC1C(C)(C)C.I. The third kappa shape index (κ3) is 7.08. The molecule has 1 saturated heterocycles. The topological polar surface area (TPSA) is 84.6 Å². The van der Waals surface area contributed by atoms with Crippen LogP contribution in [0.3, 0.4) is 0 Å². The molecule has 2 unspecified atom stereocenters. The average Bonchev–Trinajstić information content (AvgIpc) is 2.95. The molecule has 0 radical (unpaired) electrons. The van der Waals surface area contributed by atoms with Crippen molar-refractivity contribution < 1.29 is 9.26 Å². The number of nitrogens with one attached hydrogen (secondary N) is 2. The fourth-order valence-electron chi connectivity index (χ4n) is 3.13. The van der Waals surface area contributed by atoms with E-state index < -0.39 is 0 Å². The number of nitrogens with zero attached hydrogens (tertiary/aromatic N) is 3. The lowest BCUT2D eigenvalue weighted by molar-refractivity contribution is -0.0835. The van der Waals surface area contributed by atoms with Crippen LogP contribution < -0.4 is 10.6 Å². The molecule has 0 aromatic carbocycles. The maximum Gasteiger partial charge on any atom is 0.223 e. The molecular weight excluding hydrogens is 433 g/mol. The smallest absolute Gasteiger partial charge is 0.223 e. The number of aliphatic imine (C=N–C) groups is 1. The van der Waals surface area contributed by atoms with Crippen LogP contribution in [0.25, 0.3) is 0 Å². The Balaban J connectivity index is 0.00000312. The van der Waals surface area contributed by atoms with E-state index in [1.165, 1.54) is 6.42 Å². The molecule has 0 amide bonds. The molecule has 2 rings (SSSR count). The van der Waals surface area contributed by atoms with Crippen molar-refractivity contribution in [3.05, 3.63) is 11.7 Å². The molecule has 1 aromatic rings. The number of aromatic nitrogens is 2. The lowest BCUT2D eigenvalue weighted by Gasteiger charge is -2.40. The molecule has 1 aromatic heterocycles. The first-order chi connectivity index (χ1) is 11.4. The Labute approximate surface area is 167 Å². The highest BCUT2D eigenvalue weighted by Crippen LogP contribution is 2.33. The highest BCUT2D eigenvalue weighted by molar-refractivity contribution is 14.0. The summed E-state index contributed by atoms with van der Waals surface area (Å²) in [5, 5.41) is 10.6. The van der Waals surface area contributed by atoms with E-state index in [9.17, 15) is 0 Å². The van der Waals surface area contributed by atoms with Crippen LogP contribution in [0.1, 0.15) is 52.3 Å². The van der Waals surface area contributed by atoms with Crippen molar-refractivity contribution in [2.45, 2.75) is 60.1 Å². The van der Waals surface area contributed by atoms with Gasteiger partial charge in [-0.1, -0.05) is 25.9 Å². The minimum absolute atomic E-state index is 0. The molecule has 25 heavy (non-hydrogen) atoms. The van der Waals surface area contributed by atoms with Crippen molar-refractivity contribution in [3.63, 3.8) is 0 Å². The maximum atomic E-state index is 6.05. The Kier molecular flexibility index (Phi) is 9.12. The largest absolute Gasteiger partial charge is 0.377 e. The second kappa shape index (κ2) is 10.3. The number of halogens is 1. The van der Waals surface area contributed by atoms with Gasteiger partial charge in [0.05, 0.1) is 6.10 Å². The van der Waals surface area contributed by atoms with E-state index >= 15 is 0 Å². The first-order valence-corrected chi connectivity index (χ1v) is 8.83. The summed E-state index contributed by atoms with van der Waals surface area (Å²) in [5.74, 6) is 2.41. The van der Waals surface area contributed by atoms with Crippen LogP contribution in [0.4, 0.5) is 0 Å². The van der Waals surface area contributed by atoms with Crippen LogP contribution in [0.2, 0.25) is 0 Å². The Morgan fingerprint density at radius 2 is 2.08 bits per heavy atom. The molecule has 8 heteroatoms. The second-order valence-corrected chi connectivity index (χ2v) is 7.37. The molecule has 0 spiro atoms. The zero-order chi connectivity index (χ0) is 17.6. The zero-order valence-corrected chi connectivity index (χ0v) is 18.3. The summed E-state index contributed by atoms with van der Waals surface area (Å²) < 4.78 is 11.0. The molecule has 1 fully saturated rings. The summed E-state index contributed by atoms with van der Waals surface area (Å²) in [6.45, 7) is 13.5. The zero-order valence-electron chi connectivity index (χ0n) is 16.0. The van der Waals surface area contributed by atoms with Crippen LogP contribution in [-0.4, -0.2) is 41.9 Å². The van der Waals surface area contributed by atoms with Gasteiger partial charge in [-0.3, -0.25) is 0 Å². The standard InChI is InChI=1S/C17H31N5O2.HI/c1-6-18-16(20-11-14-21-12(2)24-22-14)19-10-13-8-7-9-23-15(13)17(3,4)5;/h13,15H,6-11H2,1-5H3,(H2,18,19,20);1H. The predicted molar refractivity (Wildman–Crippen MR) is 109 cm³/mol. The molecule has 2 atom stereocenters. The van der Waals surface area contributed by atoms with Crippen molar-refractivity contribution in [1.29, 1.82) is 0 Å². The minimum Gasteiger partial charge on any atom is -0.377 e. The van der Waals surface area contributed by atoms with Gasteiger partial charge < -0.3 is 19.9 Å². The molecule has 0 saturated carbocycles. The van der Waals surface area contributed by atoms with Gasteiger partial charge >= 0.3 is 0 Å². The molecule has 1 aliphatic rings. The first-order valence-electron chi connectivity index (χ1n) is 8.83. The highest BCUT2D eigenvalue weighted by atomic mass is 127. The maximum absolute atomic E-state index is 6.05. The number of ether oxygens (including phenoxy) is 1. The molecule has 2 N–H and O–H groups in total. The third-order valence-corrected chi connectivity index (χ3v) is 4.12. The molecule has 2 heterocycles. The van der Waals surface area contributed by atoms with Crippen molar-refractivity contribution in [2.24, 2.45) is 16.3 Å². The Hall–Kier alpha value is -0.900. The van der Waals surface area contributed by atoms with E-state index in [1.54, 1.807) is 6.92 Å². The summed E-state index contributed by atoms with van der Waals surface area (Å²) in [5.41, 5.74) is 0.143. The van der Waals surface area contributed by atoms with Gasteiger partial charge in [-0.25, -0.2) is 4.99 Å². The fraction of sp³-hybridized carbons (Fsp3) is 0.824. The predicted octanol–water partition coefficient (Wildman–Crippen LogP) is 2.89. The summed E-state index contributed by atoms with van der Waals surface area (Å²) >= 11 is 0. The van der Waals surface area contributed by atoms with Gasteiger partial charge in [0.15, 0.2) is 11.8 Å². The summed E-state index contributed by atoms with van der Waals surface area (Å²) in [7, 11) is 0. The van der Waals surface area contributed by atoms with Gasteiger partial charge in [0, 0.05) is 32.5 Å². The van der Waals surface area contributed by atoms with Crippen LogP contribution in [0, 0.1) is 18.3 Å². The summed E-state index contributed by atoms with van der Waals surface area (Å²) in [6, 6.07) is 0. The lowest BCUT2D eigenvalue weighted by Crippen LogP contribution is -2.47. The molecule has 0 aliphatic carbocycles. The van der Waals surface area contributed by atoms with E-state index in [0.717, 1.165) is 32.1 Å². The normalized spacial score (nSPS) is 21.6. The number of rotatable bonds is 5. The summed E-state index contributed by atoms with van der Waals surface area (Å²) in [4.78, 5) is 8.71. The molecule has 7 nitrogen and oxygen atoms in total. The van der Waals surface area contributed by atoms with Crippen molar-refractivity contribution in [3.8, 4) is 0 Å². The average molecular weight is 465 g/mol. The van der Waals surface area contributed by atoms with Crippen molar-refractivity contribution >= 4 is 29.9 Å². The van der Waals surface area contributed by atoms with E-state index in [2.05, 4.69) is 53.5 Å². The first kappa shape index (κ1) is 22.1. The van der Waals surface area contributed by atoms with Crippen molar-refractivity contribution in [1.82, 2.24) is 20.8 Å². The van der Waals surface area contributed by atoms with Crippen LogP contribution in [0.15, 0.2) is 9.52 Å². The number of hydrogen-bond donors (Lipinski definition) is 2. The van der Waals surface area contributed by atoms with Gasteiger partial charge in [-0.15, -0.1) is 24.0 Å². The molecule has 1 aliphatic heterocycles. The lowest BCUT2D eigenvalue weighted by atomic mass is 9.78. The quantitative estimate of drug-likeness (QED) is 0.395. The molecule has 144 valence electrons. The highest BCUT2D eigenvalue weighted by Gasteiger charge is 2.35. The molecular formula is C17H32IN5O2. The van der Waals surface area contributed by atoms with E-state index in [0.29, 0.717) is 24.2 Å². The van der Waals surface area contributed by atoms with E-state index in [-0.39, 0.29) is 35.5 Å². The van der Waals surface area contributed by atoms with E-state index in [4.69, 9.17) is 9.26 Å². The minimum atomic E-state index is 0. The van der Waals surface area contributed by atoms with Gasteiger partial charge in [0.2, 0.25) is 5.89 Å². The van der Waals surface area contributed by atoms with Gasteiger partial charge in [-0.2, -0.15) is 4.98 Å². The van der Waals surface area contributed by atoms with Gasteiger partial charge in [0.25, 0.3) is 0 Å². The number of hydrogen-bond acceptors (Lipinski definition) is 5. The Bertz CT molecular complexity index is 541. The van der Waals surface area contributed by atoms with Crippen LogP contribution in [0.5, 0.6) is 0 Å².